The molecule has 0 atom stereocenters. The molecule has 6 heterocycles. The SMILES string of the molecule is CC(C)=CN1c2ccccc2CCC1(C)C.CC1(C)CCc2ccccc2N1.Cc1cn2c3c(cc(Br)cc3c1=O)CCC2(C)C.Cc1cn2c3c(cccc3c1=O)CCC2(C)C. The molecular weight excluding hydrogens is 841 g/mol. The summed E-state index contributed by atoms with van der Waals surface area (Å²) < 4.78 is 5.57. The number of hydrogen-bond donors (Lipinski definition) is 1. The number of pyridine rings is 2. The van der Waals surface area contributed by atoms with Crippen LogP contribution in [0.1, 0.15) is 128 Å². The van der Waals surface area contributed by atoms with Crippen molar-refractivity contribution in [2.75, 3.05) is 10.2 Å². The summed E-state index contributed by atoms with van der Waals surface area (Å²) in [6, 6.07) is 27.5. The molecule has 6 aromatic rings. The summed E-state index contributed by atoms with van der Waals surface area (Å²) in [5, 5.41) is 5.25. The van der Waals surface area contributed by atoms with Crippen LogP contribution in [0.15, 0.2) is 117 Å². The normalized spacial score (nSPS) is 17.8. The molecule has 1 N–H and O–H groups in total. The first kappa shape index (κ1) is 46.1. The summed E-state index contributed by atoms with van der Waals surface area (Å²) in [5.41, 5.74) is 14.5. The monoisotopic (exact) mass is 908 g/mol. The van der Waals surface area contributed by atoms with Gasteiger partial charge in [0.05, 0.1) is 11.0 Å². The van der Waals surface area contributed by atoms with Gasteiger partial charge in [-0.1, -0.05) is 70.0 Å². The van der Waals surface area contributed by atoms with E-state index in [-0.39, 0.29) is 33.0 Å². The lowest BCUT2D eigenvalue weighted by molar-refractivity contribution is 0.324. The van der Waals surface area contributed by atoms with E-state index in [1.807, 2.05) is 44.4 Å². The maximum atomic E-state index is 12.3. The van der Waals surface area contributed by atoms with E-state index in [1.165, 1.54) is 64.9 Å². The van der Waals surface area contributed by atoms with E-state index >= 15 is 0 Å². The molecule has 2 aromatic heterocycles. The maximum Gasteiger partial charge on any atom is 0.192 e. The zero-order valence-electron chi connectivity index (χ0n) is 39.9. The first-order valence-electron chi connectivity index (χ1n) is 23.0. The van der Waals surface area contributed by atoms with Gasteiger partial charge < -0.3 is 19.4 Å². The van der Waals surface area contributed by atoms with Gasteiger partial charge in [0.15, 0.2) is 10.9 Å². The fraction of sp³-hybridized carbons (Fsp3) is 0.429. The van der Waals surface area contributed by atoms with Gasteiger partial charge in [-0.15, -0.1) is 0 Å². The van der Waals surface area contributed by atoms with Gasteiger partial charge in [0.25, 0.3) is 0 Å². The minimum absolute atomic E-state index is 0.0809. The summed E-state index contributed by atoms with van der Waals surface area (Å²) in [5.74, 6) is 0. The Morgan fingerprint density at radius 2 is 1.10 bits per heavy atom. The number of fused-ring (bicyclic) bond motifs is 2. The average Bonchev–Trinajstić information content (AvgIpc) is 3.22. The van der Waals surface area contributed by atoms with Crippen LogP contribution in [0.2, 0.25) is 0 Å². The van der Waals surface area contributed by atoms with Crippen molar-refractivity contribution >= 4 is 49.1 Å². The highest BCUT2D eigenvalue weighted by Gasteiger charge is 2.32. The molecule has 0 spiro atoms. The van der Waals surface area contributed by atoms with Gasteiger partial charge in [0, 0.05) is 78.5 Å². The summed E-state index contributed by atoms with van der Waals surface area (Å²) in [4.78, 5) is 26.9. The molecule has 0 saturated carbocycles. The smallest absolute Gasteiger partial charge is 0.192 e. The zero-order valence-corrected chi connectivity index (χ0v) is 41.5. The maximum absolute atomic E-state index is 12.3. The van der Waals surface area contributed by atoms with E-state index in [1.54, 1.807) is 0 Å². The highest BCUT2D eigenvalue weighted by atomic mass is 79.9. The number of allylic oxidation sites excluding steroid dienone is 1. The summed E-state index contributed by atoms with van der Waals surface area (Å²) >= 11 is 3.51. The van der Waals surface area contributed by atoms with E-state index in [2.05, 4.69) is 171 Å². The van der Waals surface area contributed by atoms with E-state index in [0.717, 1.165) is 63.1 Å². The standard InChI is InChI=1S/C15H16BrNO.C15H17NO.C15H21N.C11H15N/c1-9-8-17-13-10(4-5-15(17,2)3)6-11(16)7-12(13)14(9)18;1-10-9-16-13-11(7-8-15(16,2)3)5-4-6-12(13)14(10)17;1-12(2)11-16-14-8-6-5-7-13(14)9-10-15(16,3)4;1-11(2)8-7-9-5-3-4-6-10(9)12-11/h6-8H,4-5H2,1-3H3;4-6,9H,7-8H2,1-3H3;5-8,11H,9-10H2,1-4H3;3-6,12H,7-8H2,1-2H3. The van der Waals surface area contributed by atoms with Crippen LogP contribution in [-0.4, -0.2) is 20.2 Å². The fourth-order valence-electron chi connectivity index (χ4n) is 9.78. The van der Waals surface area contributed by atoms with Crippen molar-refractivity contribution in [3.05, 3.63) is 161 Å². The number of anilines is 2. The largest absolute Gasteiger partial charge is 0.380 e. The molecule has 0 saturated heterocycles. The van der Waals surface area contributed by atoms with Crippen LogP contribution in [0.5, 0.6) is 0 Å². The summed E-state index contributed by atoms with van der Waals surface area (Å²) in [6.45, 7) is 26.2. The Morgan fingerprint density at radius 1 is 0.587 bits per heavy atom. The van der Waals surface area contributed by atoms with Crippen molar-refractivity contribution in [1.29, 1.82) is 0 Å². The Hall–Kier alpha value is -4.88. The average molecular weight is 910 g/mol. The van der Waals surface area contributed by atoms with Crippen molar-refractivity contribution < 1.29 is 0 Å². The van der Waals surface area contributed by atoms with Crippen LogP contribution in [0.4, 0.5) is 11.4 Å². The number of nitrogens with one attached hydrogen (secondary N) is 1. The molecule has 4 aromatic carbocycles. The Balaban J connectivity index is 0.000000127. The van der Waals surface area contributed by atoms with Gasteiger partial charge in [0.1, 0.15) is 0 Å². The topological polar surface area (TPSA) is 59.3 Å². The first-order chi connectivity index (χ1) is 29.6. The number of halogens is 1. The van der Waals surface area contributed by atoms with Gasteiger partial charge in [0.2, 0.25) is 0 Å². The molecule has 7 heteroatoms. The first-order valence-corrected chi connectivity index (χ1v) is 23.8. The van der Waals surface area contributed by atoms with Crippen LogP contribution >= 0.6 is 15.9 Å². The molecule has 63 heavy (non-hydrogen) atoms. The van der Waals surface area contributed by atoms with Crippen LogP contribution < -0.4 is 21.1 Å². The third kappa shape index (κ3) is 9.65. The van der Waals surface area contributed by atoms with Gasteiger partial charge in [-0.25, -0.2) is 0 Å². The molecule has 0 aliphatic carbocycles. The molecule has 0 amide bonds. The Labute approximate surface area is 384 Å². The van der Waals surface area contributed by atoms with Crippen LogP contribution in [0.3, 0.4) is 0 Å². The molecular formula is C56H69BrN4O2. The number of hydrogen-bond acceptors (Lipinski definition) is 4. The van der Waals surface area contributed by atoms with Gasteiger partial charge in [-0.3, -0.25) is 9.59 Å². The van der Waals surface area contributed by atoms with Crippen molar-refractivity contribution in [2.45, 2.75) is 157 Å². The fourth-order valence-corrected chi connectivity index (χ4v) is 10.3. The zero-order chi connectivity index (χ0) is 45.6. The molecule has 10 rings (SSSR count). The Kier molecular flexibility index (Phi) is 12.9. The molecule has 4 aliphatic heterocycles. The van der Waals surface area contributed by atoms with Crippen molar-refractivity contribution in [2.24, 2.45) is 0 Å². The van der Waals surface area contributed by atoms with Crippen LogP contribution in [0, 0.1) is 13.8 Å². The lowest BCUT2D eigenvalue weighted by atomic mass is 9.87. The van der Waals surface area contributed by atoms with Crippen molar-refractivity contribution in [3.63, 3.8) is 0 Å². The van der Waals surface area contributed by atoms with E-state index < -0.39 is 0 Å². The molecule has 332 valence electrons. The highest BCUT2D eigenvalue weighted by molar-refractivity contribution is 9.10. The second-order valence-corrected chi connectivity index (χ2v) is 22.0. The number of rotatable bonds is 1. The highest BCUT2D eigenvalue weighted by Crippen LogP contribution is 2.38. The van der Waals surface area contributed by atoms with E-state index in [9.17, 15) is 9.59 Å². The number of aryl methyl sites for hydroxylation is 6. The third-order valence-corrected chi connectivity index (χ3v) is 14.2. The summed E-state index contributed by atoms with van der Waals surface area (Å²) in [7, 11) is 0. The second kappa shape index (κ2) is 17.6. The number of benzene rings is 4. The minimum atomic E-state index is 0.0809. The molecule has 0 radical (unpaired) electrons. The second-order valence-electron chi connectivity index (χ2n) is 21.1. The number of nitrogens with zero attached hydrogens (tertiary/aromatic N) is 3. The third-order valence-electron chi connectivity index (χ3n) is 13.7. The Bertz CT molecular complexity index is 2830. The molecule has 0 unspecified atom stereocenters. The van der Waals surface area contributed by atoms with Crippen LogP contribution in [0.25, 0.3) is 21.8 Å². The van der Waals surface area contributed by atoms with E-state index in [0.29, 0.717) is 0 Å². The predicted molar refractivity (Wildman–Crippen MR) is 272 cm³/mol. The summed E-state index contributed by atoms with van der Waals surface area (Å²) in [6.07, 6.45) is 15.5. The van der Waals surface area contributed by atoms with Crippen molar-refractivity contribution in [3.8, 4) is 0 Å². The Morgan fingerprint density at radius 3 is 1.75 bits per heavy atom. The molecule has 0 fully saturated rings. The lowest BCUT2D eigenvalue weighted by Gasteiger charge is -2.43. The molecule has 4 aliphatic rings. The van der Waals surface area contributed by atoms with Crippen LogP contribution in [-0.2, 0) is 36.8 Å². The van der Waals surface area contributed by atoms with E-state index in [4.69, 9.17) is 0 Å². The number of aromatic nitrogens is 2. The lowest BCUT2D eigenvalue weighted by Crippen LogP contribution is -2.44. The predicted octanol–water partition coefficient (Wildman–Crippen LogP) is 13.7. The van der Waals surface area contributed by atoms with Gasteiger partial charge >= 0.3 is 0 Å². The molecule has 6 nitrogen and oxygen atoms in total. The van der Waals surface area contributed by atoms with Gasteiger partial charge in [-0.05, 0) is 187 Å². The molecule has 0 bridgehead atoms. The van der Waals surface area contributed by atoms with Gasteiger partial charge in [-0.2, -0.15) is 0 Å². The number of para-hydroxylation sites is 3. The minimum Gasteiger partial charge on any atom is -0.380 e. The quantitative estimate of drug-likeness (QED) is 0.179. The van der Waals surface area contributed by atoms with Crippen molar-refractivity contribution in [1.82, 2.24) is 9.13 Å².